The summed E-state index contributed by atoms with van der Waals surface area (Å²) < 4.78 is 5.66. The van der Waals surface area contributed by atoms with Gasteiger partial charge in [0.1, 0.15) is 5.75 Å². The molecule has 0 bridgehead atoms. The lowest BCUT2D eigenvalue weighted by atomic mass is 10.0. The molecule has 1 aromatic rings. The highest BCUT2D eigenvalue weighted by Crippen LogP contribution is 2.19. The molecule has 1 aromatic carbocycles. The zero-order valence-electron chi connectivity index (χ0n) is 13.5. The van der Waals surface area contributed by atoms with E-state index in [4.69, 9.17) is 4.74 Å². The van der Waals surface area contributed by atoms with Crippen LogP contribution in [-0.4, -0.2) is 54.8 Å². The molecule has 5 nitrogen and oxygen atoms in total. The lowest BCUT2D eigenvalue weighted by molar-refractivity contribution is -0.122. The standard InChI is InChI=1S/C17H26N2O3/c1-14-6-3-4-7-15(14)22-11-5-8-16(20)18-12-17(21)9-10-19(2)13-17/h3-4,6-7,21H,5,8-13H2,1-2H3,(H,18,20). The van der Waals surface area contributed by atoms with Crippen molar-refractivity contribution >= 4 is 5.91 Å². The summed E-state index contributed by atoms with van der Waals surface area (Å²) in [6.07, 6.45) is 1.79. The SMILES string of the molecule is Cc1ccccc1OCCCC(=O)NCC1(O)CCN(C)C1. The molecule has 1 amide bonds. The van der Waals surface area contributed by atoms with Gasteiger partial charge < -0.3 is 20.1 Å². The van der Waals surface area contributed by atoms with E-state index in [1.54, 1.807) is 0 Å². The number of β-amino-alcohol motifs (C(OH)–C–C–N with tert-alkyl or cyclic N) is 1. The molecule has 1 aliphatic heterocycles. The van der Waals surface area contributed by atoms with Crippen LogP contribution >= 0.6 is 0 Å². The van der Waals surface area contributed by atoms with E-state index < -0.39 is 5.60 Å². The minimum Gasteiger partial charge on any atom is -0.493 e. The van der Waals surface area contributed by atoms with Crippen LogP contribution in [0, 0.1) is 6.92 Å². The summed E-state index contributed by atoms with van der Waals surface area (Å²) in [5.74, 6) is 0.836. The number of benzene rings is 1. The summed E-state index contributed by atoms with van der Waals surface area (Å²) >= 11 is 0. The number of rotatable bonds is 7. The van der Waals surface area contributed by atoms with Crippen LogP contribution in [0.15, 0.2) is 24.3 Å². The van der Waals surface area contributed by atoms with E-state index in [0.717, 1.165) is 17.9 Å². The monoisotopic (exact) mass is 306 g/mol. The Labute approximate surface area is 132 Å². The predicted octanol–water partition coefficient (Wildman–Crippen LogP) is 1.34. The van der Waals surface area contributed by atoms with Crippen molar-refractivity contribution in [1.29, 1.82) is 0 Å². The third-order valence-corrected chi connectivity index (χ3v) is 4.04. The number of likely N-dealkylation sites (tertiary alicyclic amines) is 1. The maximum atomic E-state index is 11.8. The lowest BCUT2D eigenvalue weighted by Crippen LogP contribution is -2.44. The summed E-state index contributed by atoms with van der Waals surface area (Å²) in [4.78, 5) is 13.9. The van der Waals surface area contributed by atoms with Gasteiger partial charge in [-0.05, 0) is 38.4 Å². The smallest absolute Gasteiger partial charge is 0.220 e. The van der Waals surface area contributed by atoms with E-state index in [1.807, 2.05) is 38.2 Å². The molecule has 5 heteroatoms. The maximum Gasteiger partial charge on any atom is 0.220 e. The van der Waals surface area contributed by atoms with Crippen LogP contribution in [0.2, 0.25) is 0 Å². The molecule has 0 aliphatic carbocycles. The Morgan fingerprint density at radius 2 is 2.23 bits per heavy atom. The van der Waals surface area contributed by atoms with Gasteiger partial charge in [-0.3, -0.25) is 4.79 Å². The molecule has 0 spiro atoms. The zero-order valence-corrected chi connectivity index (χ0v) is 13.5. The highest BCUT2D eigenvalue weighted by molar-refractivity contribution is 5.75. The molecule has 1 aliphatic rings. The number of aryl methyl sites for hydroxylation is 1. The number of amides is 1. The second-order valence-electron chi connectivity index (χ2n) is 6.21. The number of para-hydroxylation sites is 1. The third-order valence-electron chi connectivity index (χ3n) is 4.04. The molecule has 1 unspecified atom stereocenters. The van der Waals surface area contributed by atoms with Crippen molar-refractivity contribution < 1.29 is 14.6 Å². The van der Waals surface area contributed by atoms with Crippen LogP contribution in [0.25, 0.3) is 0 Å². The van der Waals surface area contributed by atoms with Crippen LogP contribution in [0.1, 0.15) is 24.8 Å². The highest BCUT2D eigenvalue weighted by atomic mass is 16.5. The summed E-state index contributed by atoms with van der Waals surface area (Å²) in [5, 5.41) is 13.1. The molecule has 2 N–H and O–H groups in total. The molecule has 22 heavy (non-hydrogen) atoms. The van der Waals surface area contributed by atoms with Gasteiger partial charge in [-0.25, -0.2) is 0 Å². The number of aliphatic hydroxyl groups is 1. The number of nitrogens with zero attached hydrogens (tertiary/aromatic N) is 1. The average Bonchev–Trinajstić information content (AvgIpc) is 2.83. The largest absolute Gasteiger partial charge is 0.493 e. The van der Waals surface area contributed by atoms with Crippen LogP contribution in [0.5, 0.6) is 5.75 Å². The molecular formula is C17H26N2O3. The van der Waals surface area contributed by atoms with E-state index in [-0.39, 0.29) is 5.91 Å². The molecule has 1 atom stereocenters. The van der Waals surface area contributed by atoms with Gasteiger partial charge in [0, 0.05) is 26.1 Å². The first-order valence-corrected chi connectivity index (χ1v) is 7.85. The molecule has 1 fully saturated rings. The van der Waals surface area contributed by atoms with Crippen molar-refractivity contribution in [2.24, 2.45) is 0 Å². The van der Waals surface area contributed by atoms with Gasteiger partial charge in [0.05, 0.1) is 12.2 Å². The van der Waals surface area contributed by atoms with Gasteiger partial charge >= 0.3 is 0 Å². The van der Waals surface area contributed by atoms with E-state index >= 15 is 0 Å². The van der Waals surface area contributed by atoms with Gasteiger partial charge in [-0.2, -0.15) is 0 Å². The van der Waals surface area contributed by atoms with E-state index in [9.17, 15) is 9.90 Å². The van der Waals surface area contributed by atoms with Crippen molar-refractivity contribution in [3.05, 3.63) is 29.8 Å². The molecule has 2 rings (SSSR count). The second kappa shape index (κ2) is 7.61. The van der Waals surface area contributed by atoms with Crippen molar-refractivity contribution in [3.8, 4) is 5.75 Å². The Morgan fingerprint density at radius 1 is 1.45 bits per heavy atom. The van der Waals surface area contributed by atoms with Gasteiger partial charge in [-0.15, -0.1) is 0 Å². The quantitative estimate of drug-likeness (QED) is 0.746. The Kier molecular flexibility index (Phi) is 5.80. The fourth-order valence-electron chi connectivity index (χ4n) is 2.69. The predicted molar refractivity (Wildman–Crippen MR) is 86.0 cm³/mol. The normalized spacial score (nSPS) is 21.8. The van der Waals surface area contributed by atoms with Crippen LogP contribution in [0.3, 0.4) is 0 Å². The minimum absolute atomic E-state index is 0.0311. The second-order valence-corrected chi connectivity index (χ2v) is 6.21. The number of nitrogens with one attached hydrogen (secondary N) is 1. The molecule has 0 aromatic heterocycles. The summed E-state index contributed by atoms with van der Waals surface area (Å²) in [6.45, 7) is 4.34. The van der Waals surface area contributed by atoms with Crippen molar-refractivity contribution in [2.45, 2.75) is 31.8 Å². The third kappa shape index (κ3) is 5.00. The van der Waals surface area contributed by atoms with Crippen LogP contribution < -0.4 is 10.1 Å². The first-order chi connectivity index (χ1) is 10.5. The number of carbonyl (C=O) groups excluding carboxylic acids is 1. The lowest BCUT2D eigenvalue weighted by Gasteiger charge is -2.22. The first kappa shape index (κ1) is 16.8. The Bertz CT molecular complexity index is 506. The zero-order chi connectivity index (χ0) is 16.0. The van der Waals surface area contributed by atoms with E-state index in [1.165, 1.54) is 0 Å². The van der Waals surface area contributed by atoms with Crippen LogP contribution in [0.4, 0.5) is 0 Å². The Hall–Kier alpha value is -1.59. The number of hydrogen-bond donors (Lipinski definition) is 2. The average molecular weight is 306 g/mol. The molecule has 0 saturated carbocycles. The molecular weight excluding hydrogens is 280 g/mol. The van der Waals surface area contributed by atoms with Crippen molar-refractivity contribution in [3.63, 3.8) is 0 Å². The van der Waals surface area contributed by atoms with Gasteiger partial charge in [-0.1, -0.05) is 18.2 Å². The molecule has 122 valence electrons. The van der Waals surface area contributed by atoms with Crippen LogP contribution in [-0.2, 0) is 4.79 Å². The molecule has 1 saturated heterocycles. The number of carbonyl (C=O) groups is 1. The fourth-order valence-corrected chi connectivity index (χ4v) is 2.69. The Morgan fingerprint density at radius 3 is 2.91 bits per heavy atom. The fraction of sp³-hybridized carbons (Fsp3) is 0.588. The summed E-state index contributed by atoms with van der Waals surface area (Å²) in [6, 6.07) is 7.85. The highest BCUT2D eigenvalue weighted by Gasteiger charge is 2.34. The van der Waals surface area contributed by atoms with Gasteiger partial charge in [0.2, 0.25) is 5.91 Å². The minimum atomic E-state index is -0.776. The molecule has 0 radical (unpaired) electrons. The van der Waals surface area contributed by atoms with Crippen molar-refractivity contribution in [1.82, 2.24) is 10.2 Å². The van der Waals surface area contributed by atoms with Crippen molar-refractivity contribution in [2.75, 3.05) is 33.3 Å². The van der Waals surface area contributed by atoms with E-state index in [0.29, 0.717) is 39.0 Å². The van der Waals surface area contributed by atoms with E-state index in [2.05, 4.69) is 10.2 Å². The Balaban J connectivity index is 1.61. The van der Waals surface area contributed by atoms with Gasteiger partial charge in [0.25, 0.3) is 0 Å². The number of ether oxygens (including phenoxy) is 1. The summed E-state index contributed by atoms with van der Waals surface area (Å²) in [7, 11) is 1.97. The van der Waals surface area contributed by atoms with Gasteiger partial charge in [0.15, 0.2) is 0 Å². The summed E-state index contributed by atoms with van der Waals surface area (Å²) in [5.41, 5.74) is 0.321. The number of likely N-dealkylation sites (N-methyl/N-ethyl adjacent to an activating group) is 1. The maximum absolute atomic E-state index is 11.8. The first-order valence-electron chi connectivity index (χ1n) is 7.85. The number of hydrogen-bond acceptors (Lipinski definition) is 4. The topological polar surface area (TPSA) is 61.8 Å². The molecule has 1 heterocycles.